The van der Waals surface area contributed by atoms with Crippen molar-refractivity contribution in [3.8, 4) is 0 Å². The van der Waals surface area contributed by atoms with Crippen molar-refractivity contribution in [2.24, 2.45) is 0 Å². The topological polar surface area (TPSA) is 3.24 Å². The second-order valence-electron chi connectivity index (χ2n) is 5.18. The average Bonchev–Trinajstić information content (AvgIpc) is 2.41. The number of hydrogen-bond acceptors (Lipinski definition) is 1. The number of hydrogen-bond donors (Lipinski definition) is 0. The first kappa shape index (κ1) is 29.5. The van der Waals surface area contributed by atoms with E-state index in [1.165, 1.54) is 0 Å². The molecule has 22 heteroatoms. The maximum Gasteiger partial charge on any atom is 0.469 e. The molecule has 0 amide bonds. The van der Waals surface area contributed by atoms with Crippen LogP contribution >= 0.6 is 0 Å². The van der Waals surface area contributed by atoms with E-state index in [0.29, 0.717) is 0 Å². The van der Waals surface area contributed by atoms with E-state index in [2.05, 4.69) is 0 Å². The van der Waals surface area contributed by atoms with E-state index in [1.54, 1.807) is 0 Å². The van der Waals surface area contributed by atoms with Gasteiger partial charge >= 0.3 is 54.4 Å². The van der Waals surface area contributed by atoms with Crippen LogP contribution in [0, 0.1) is 0 Å². The normalized spacial score (nSPS) is 16.8. The molecular formula is C9F21N. The van der Waals surface area contributed by atoms with Crippen LogP contribution in [0.15, 0.2) is 0 Å². The summed E-state index contributed by atoms with van der Waals surface area (Å²) in [5.41, 5.74) is 0. The van der Waals surface area contributed by atoms with E-state index >= 15 is 0 Å². The van der Waals surface area contributed by atoms with Crippen molar-refractivity contribution in [3.63, 3.8) is 0 Å². The fourth-order valence-corrected chi connectivity index (χ4v) is 1.51. The third-order valence-corrected chi connectivity index (χ3v) is 3.07. The molecule has 0 atom stereocenters. The largest absolute Gasteiger partial charge is 0.469 e. The highest BCUT2D eigenvalue weighted by Gasteiger charge is 2.93. The standard InChI is InChI=1S/C9F21N/c10-1(11,2(12,13)5(18,19)20)3(14,15)7(24,25)31(9(28,29)30)8(26,27)4(16,17)6(21,22)23. The average molecular weight is 521 g/mol. The number of halogens is 21. The zero-order chi connectivity index (χ0) is 26.1. The predicted octanol–water partition coefficient (Wildman–Crippen LogP) is 6.66. The highest BCUT2D eigenvalue weighted by Crippen LogP contribution is 2.62. The van der Waals surface area contributed by atoms with Crippen LogP contribution in [0.1, 0.15) is 0 Å². The van der Waals surface area contributed by atoms with Gasteiger partial charge in [-0.05, 0) is 0 Å². The van der Waals surface area contributed by atoms with Gasteiger partial charge in [0.15, 0.2) is 0 Å². The van der Waals surface area contributed by atoms with Gasteiger partial charge < -0.3 is 0 Å². The van der Waals surface area contributed by atoms with E-state index < -0.39 is 59.3 Å². The van der Waals surface area contributed by atoms with Crippen molar-refractivity contribution in [3.05, 3.63) is 0 Å². The molecule has 0 radical (unpaired) electrons. The summed E-state index contributed by atoms with van der Waals surface area (Å²) in [6, 6.07) is -17.7. The molecule has 31 heavy (non-hydrogen) atoms. The lowest BCUT2D eigenvalue weighted by Crippen LogP contribution is -2.77. The van der Waals surface area contributed by atoms with Gasteiger partial charge in [-0.25, -0.2) is 0 Å². The van der Waals surface area contributed by atoms with Crippen LogP contribution in [0.3, 0.4) is 0 Å². The molecule has 0 saturated carbocycles. The molecule has 188 valence electrons. The molecule has 0 aromatic carbocycles. The Hall–Kier alpha value is -1.51. The van der Waals surface area contributed by atoms with Crippen molar-refractivity contribution < 1.29 is 92.2 Å². The second-order valence-corrected chi connectivity index (χ2v) is 5.18. The summed E-state index contributed by atoms with van der Waals surface area (Å²) in [5.74, 6) is -34.7. The lowest BCUT2D eigenvalue weighted by atomic mass is 10.0. The van der Waals surface area contributed by atoms with Gasteiger partial charge in [0.25, 0.3) is 0 Å². The maximum absolute atomic E-state index is 13.3. The van der Waals surface area contributed by atoms with Crippen molar-refractivity contribution in [1.29, 1.82) is 0 Å². The molecule has 0 aliphatic heterocycles. The molecule has 0 spiro atoms. The lowest BCUT2D eigenvalue weighted by molar-refractivity contribution is -0.514. The summed E-state index contributed by atoms with van der Waals surface area (Å²) in [6.07, 6.45) is -24.3. The van der Waals surface area contributed by atoms with E-state index in [1.807, 2.05) is 0 Å². The van der Waals surface area contributed by atoms with Crippen molar-refractivity contribution in [1.82, 2.24) is 4.90 Å². The Morgan fingerprint density at radius 1 is 0.290 bits per heavy atom. The zero-order valence-corrected chi connectivity index (χ0v) is 12.9. The smallest absolute Gasteiger partial charge is 0.192 e. The minimum absolute atomic E-state index is 5.19. The van der Waals surface area contributed by atoms with Crippen LogP contribution in [-0.2, 0) is 0 Å². The highest BCUT2D eigenvalue weighted by molar-refractivity contribution is 5.08. The Kier molecular flexibility index (Phi) is 6.65. The van der Waals surface area contributed by atoms with Crippen LogP contribution in [0.4, 0.5) is 92.2 Å². The molecule has 0 aromatic rings. The van der Waals surface area contributed by atoms with Crippen molar-refractivity contribution in [2.45, 2.75) is 54.4 Å². The first-order chi connectivity index (χ1) is 12.9. The summed E-state index contributed by atoms with van der Waals surface area (Å²) in [7, 11) is 0. The van der Waals surface area contributed by atoms with Gasteiger partial charge in [0.1, 0.15) is 0 Å². The number of rotatable bonds is 6. The van der Waals surface area contributed by atoms with E-state index in [0.717, 1.165) is 0 Å². The molecule has 0 bridgehead atoms. The Balaban J connectivity index is 7.14. The highest BCUT2D eigenvalue weighted by atomic mass is 19.4. The monoisotopic (exact) mass is 521 g/mol. The first-order valence-corrected chi connectivity index (χ1v) is 6.14. The van der Waals surface area contributed by atoms with Crippen LogP contribution in [0.2, 0.25) is 0 Å². The number of nitrogens with zero attached hydrogens (tertiary/aromatic N) is 1. The molecule has 0 fully saturated rings. The van der Waals surface area contributed by atoms with Crippen molar-refractivity contribution in [2.75, 3.05) is 0 Å². The summed E-state index contributed by atoms with van der Waals surface area (Å²) in [5, 5.41) is 0. The number of alkyl halides is 21. The fourth-order valence-electron chi connectivity index (χ4n) is 1.51. The Labute approximate surface area is 153 Å². The summed E-state index contributed by atoms with van der Waals surface area (Å²) in [4.78, 5) is -5.19. The molecule has 1 nitrogen and oxygen atoms in total. The van der Waals surface area contributed by atoms with Gasteiger partial charge in [-0.15, -0.1) is 0 Å². The molecule has 0 aliphatic carbocycles. The molecule has 0 rings (SSSR count). The van der Waals surface area contributed by atoms with Crippen LogP contribution in [0.5, 0.6) is 0 Å². The van der Waals surface area contributed by atoms with Gasteiger partial charge in [0, 0.05) is 0 Å². The quantitative estimate of drug-likeness (QED) is 0.279. The molecule has 0 N–H and O–H groups in total. The first-order valence-electron chi connectivity index (χ1n) is 6.14. The van der Waals surface area contributed by atoms with Crippen LogP contribution < -0.4 is 0 Å². The fraction of sp³-hybridized carbons (Fsp3) is 1.00. The SMILES string of the molecule is FC(F)(F)N(C(F)(F)C(F)(F)C(F)(F)F)C(F)(F)C(F)(F)C(F)(F)C(F)(F)C(F)(F)F. The van der Waals surface area contributed by atoms with E-state index in [9.17, 15) is 92.2 Å². The molecule has 0 heterocycles. The zero-order valence-electron chi connectivity index (χ0n) is 12.9. The summed E-state index contributed by atoms with van der Waals surface area (Å²) in [6.45, 7) is 0. The third kappa shape index (κ3) is 4.02. The molecule has 0 saturated heterocycles. The van der Waals surface area contributed by atoms with Crippen LogP contribution in [-0.4, -0.2) is 59.3 Å². The predicted molar refractivity (Wildman–Crippen MR) is 49.7 cm³/mol. The molecule has 0 aliphatic rings. The third-order valence-electron chi connectivity index (χ3n) is 3.07. The summed E-state index contributed by atoms with van der Waals surface area (Å²) < 4.78 is 263. The van der Waals surface area contributed by atoms with Crippen LogP contribution in [0.25, 0.3) is 0 Å². The van der Waals surface area contributed by atoms with Gasteiger partial charge in [-0.2, -0.15) is 92.2 Å². The van der Waals surface area contributed by atoms with Gasteiger partial charge in [0.2, 0.25) is 0 Å². The second kappa shape index (κ2) is 6.99. The van der Waals surface area contributed by atoms with Gasteiger partial charge in [-0.1, -0.05) is 4.90 Å². The molecule has 0 unspecified atom stereocenters. The van der Waals surface area contributed by atoms with Gasteiger partial charge in [-0.3, -0.25) is 0 Å². The lowest BCUT2D eigenvalue weighted by Gasteiger charge is -2.45. The molecule has 0 aromatic heterocycles. The minimum atomic E-state index is -9.00. The maximum atomic E-state index is 13.3. The minimum Gasteiger partial charge on any atom is -0.192 e. The Morgan fingerprint density at radius 2 is 0.548 bits per heavy atom. The van der Waals surface area contributed by atoms with Gasteiger partial charge in [0.05, 0.1) is 0 Å². The molecular weight excluding hydrogens is 521 g/mol. The Morgan fingerprint density at radius 3 is 0.774 bits per heavy atom. The Bertz CT molecular complexity index is 645. The van der Waals surface area contributed by atoms with Crippen molar-refractivity contribution >= 4 is 0 Å². The summed E-state index contributed by atoms with van der Waals surface area (Å²) >= 11 is 0. The van der Waals surface area contributed by atoms with E-state index in [-0.39, 0.29) is 0 Å². The van der Waals surface area contributed by atoms with E-state index in [4.69, 9.17) is 0 Å².